The van der Waals surface area contributed by atoms with Crippen molar-refractivity contribution in [2.75, 3.05) is 13.2 Å². The van der Waals surface area contributed by atoms with E-state index in [0.29, 0.717) is 50.3 Å². The molecule has 1 heterocycles. The molecule has 0 radical (unpaired) electrons. The van der Waals surface area contributed by atoms with Crippen molar-refractivity contribution in [3.63, 3.8) is 0 Å². The van der Waals surface area contributed by atoms with E-state index in [1.807, 2.05) is 6.07 Å². The van der Waals surface area contributed by atoms with Crippen molar-refractivity contribution in [2.24, 2.45) is 0 Å². The lowest BCUT2D eigenvalue weighted by Crippen LogP contribution is -2.13. The van der Waals surface area contributed by atoms with Gasteiger partial charge in [0.15, 0.2) is 5.43 Å². The smallest absolute Gasteiger partial charge is 0.338 e. The number of hydrogen-bond acceptors (Lipinski definition) is 7. The van der Waals surface area contributed by atoms with Gasteiger partial charge >= 0.3 is 5.97 Å². The fraction of sp³-hybridized carbons (Fsp3) is 0.0690. The van der Waals surface area contributed by atoms with Crippen LogP contribution in [0.1, 0.15) is 20.7 Å². The quantitative estimate of drug-likeness (QED) is 0.146. The molecule has 0 atom stereocenters. The Hall–Kier alpha value is -4.91. The Morgan fingerprint density at radius 1 is 0.889 bits per heavy atom. The van der Waals surface area contributed by atoms with Crippen molar-refractivity contribution in [3.05, 3.63) is 106 Å². The van der Waals surface area contributed by atoms with Crippen LogP contribution in [0.3, 0.4) is 0 Å². The van der Waals surface area contributed by atoms with E-state index in [9.17, 15) is 19.5 Å². The van der Waals surface area contributed by atoms with Gasteiger partial charge in [-0.2, -0.15) is 0 Å². The lowest BCUT2D eigenvalue weighted by atomic mass is 9.91. The summed E-state index contributed by atoms with van der Waals surface area (Å²) in [7, 11) is 0. The van der Waals surface area contributed by atoms with Crippen LogP contribution in [-0.4, -0.2) is 30.6 Å². The number of aromatic hydroxyl groups is 1. The minimum atomic E-state index is -0.535. The monoisotopic (exact) mass is 480 g/mol. The first-order valence-electron chi connectivity index (χ1n) is 11.2. The van der Waals surface area contributed by atoms with Gasteiger partial charge in [-0.1, -0.05) is 18.2 Å². The third-order valence-electron chi connectivity index (χ3n) is 5.69. The summed E-state index contributed by atoms with van der Waals surface area (Å²) < 4.78 is 17.0. The minimum Gasteiger partial charge on any atom is -0.508 e. The predicted octanol–water partition coefficient (Wildman–Crippen LogP) is 5.32. The van der Waals surface area contributed by atoms with Crippen LogP contribution in [-0.2, 0) is 4.74 Å². The molecule has 7 heteroatoms. The Morgan fingerprint density at radius 3 is 2.50 bits per heavy atom. The number of phenols is 1. The Balaban J connectivity index is 1.45. The van der Waals surface area contributed by atoms with Crippen molar-refractivity contribution >= 4 is 23.2 Å². The highest BCUT2D eigenvalue weighted by Crippen LogP contribution is 2.41. The van der Waals surface area contributed by atoms with Gasteiger partial charge in [0, 0.05) is 34.2 Å². The van der Waals surface area contributed by atoms with Crippen LogP contribution in [0.2, 0.25) is 0 Å². The van der Waals surface area contributed by atoms with Crippen LogP contribution in [0.4, 0.5) is 0 Å². The van der Waals surface area contributed by atoms with Crippen molar-refractivity contribution in [3.8, 4) is 33.9 Å². The van der Waals surface area contributed by atoms with Crippen LogP contribution in [0.5, 0.6) is 11.5 Å². The molecular formula is C29H20O7. The molecule has 5 rings (SSSR count). The van der Waals surface area contributed by atoms with Crippen LogP contribution in [0.15, 0.2) is 94.1 Å². The zero-order chi connectivity index (χ0) is 25.1. The molecule has 1 aliphatic heterocycles. The van der Waals surface area contributed by atoms with E-state index in [1.165, 1.54) is 24.3 Å². The topological polar surface area (TPSA) is 103 Å². The van der Waals surface area contributed by atoms with Crippen LogP contribution in [0, 0.1) is 0 Å². The van der Waals surface area contributed by atoms with Gasteiger partial charge in [-0.15, -0.1) is 0 Å². The molecule has 0 bridgehead atoms. The number of benzene rings is 4. The molecule has 0 fully saturated rings. The van der Waals surface area contributed by atoms with Crippen LogP contribution < -0.4 is 10.2 Å². The van der Waals surface area contributed by atoms with Gasteiger partial charge in [0.2, 0.25) is 0 Å². The van der Waals surface area contributed by atoms with Gasteiger partial charge in [-0.25, -0.2) is 4.79 Å². The molecule has 2 aliphatic rings. The average molecular weight is 480 g/mol. The second-order valence-corrected chi connectivity index (χ2v) is 8.03. The molecule has 0 saturated heterocycles. The van der Waals surface area contributed by atoms with Crippen LogP contribution >= 0.6 is 0 Å². The summed E-state index contributed by atoms with van der Waals surface area (Å²) in [6, 6.07) is 22.8. The molecule has 0 saturated carbocycles. The Kier molecular flexibility index (Phi) is 6.19. The van der Waals surface area contributed by atoms with E-state index in [-0.39, 0.29) is 24.4 Å². The highest BCUT2D eigenvalue weighted by Gasteiger charge is 2.22. The number of phenolic OH excluding ortho intramolecular Hbond substituents is 1. The summed E-state index contributed by atoms with van der Waals surface area (Å²) >= 11 is 0. The maximum atomic E-state index is 13.1. The fourth-order valence-electron chi connectivity index (χ4n) is 4.04. The van der Waals surface area contributed by atoms with Gasteiger partial charge < -0.3 is 19.0 Å². The predicted molar refractivity (Wildman–Crippen MR) is 134 cm³/mol. The third kappa shape index (κ3) is 4.54. The second-order valence-electron chi connectivity index (χ2n) is 8.03. The molecular weight excluding hydrogens is 460 g/mol. The molecule has 3 aromatic rings. The van der Waals surface area contributed by atoms with Gasteiger partial charge in [0.1, 0.15) is 42.3 Å². The maximum Gasteiger partial charge on any atom is 0.338 e. The van der Waals surface area contributed by atoms with Crippen molar-refractivity contribution in [2.45, 2.75) is 0 Å². The number of aldehydes is 1. The van der Waals surface area contributed by atoms with E-state index >= 15 is 0 Å². The number of rotatable bonds is 7. The summed E-state index contributed by atoms with van der Waals surface area (Å²) in [4.78, 5) is 35.8. The molecule has 7 nitrogen and oxygen atoms in total. The summed E-state index contributed by atoms with van der Waals surface area (Å²) in [6.07, 6.45) is 0.749. The molecule has 0 spiro atoms. The first kappa shape index (κ1) is 22.9. The van der Waals surface area contributed by atoms with E-state index in [2.05, 4.69) is 0 Å². The van der Waals surface area contributed by atoms with E-state index < -0.39 is 5.97 Å². The van der Waals surface area contributed by atoms with E-state index in [4.69, 9.17) is 13.9 Å². The maximum absolute atomic E-state index is 13.1. The average Bonchev–Trinajstić information content (AvgIpc) is 2.90. The summed E-state index contributed by atoms with van der Waals surface area (Å²) in [5.74, 6) is 0.381. The van der Waals surface area contributed by atoms with Crippen molar-refractivity contribution in [1.82, 2.24) is 0 Å². The lowest BCUT2D eigenvalue weighted by molar-refractivity contribution is 0.0451. The van der Waals surface area contributed by atoms with Gasteiger partial charge in [-0.05, 0) is 60.2 Å². The standard InChI is InChI=1S/C29H20O7/c30-17-18-5-9-21(10-6-18)34-13-14-35-29(33)23-4-2-1-3-22(23)28-24-11-7-19(31)15-26(24)36-27-16-20(32)8-12-25(27)28/h1-12,15-17,31H,13-14H2. The SMILES string of the molecule is O=Cc1ccc(OCCOC(=O)c2ccccc2-c2c3ccc(=O)cc-3oc3cc(O)ccc23)cc1. The third-order valence-corrected chi connectivity index (χ3v) is 5.69. The lowest BCUT2D eigenvalue weighted by Gasteiger charge is -2.17. The zero-order valence-electron chi connectivity index (χ0n) is 19.0. The molecule has 0 unspecified atom stereocenters. The minimum absolute atomic E-state index is 0.0155. The summed E-state index contributed by atoms with van der Waals surface area (Å²) in [6.45, 7) is 0.150. The number of carbonyl (C=O) groups excluding carboxylic acids is 2. The van der Waals surface area contributed by atoms with Crippen molar-refractivity contribution < 1.29 is 28.6 Å². The summed E-state index contributed by atoms with van der Waals surface area (Å²) in [5, 5.41) is 10.6. The number of fused-ring (bicyclic) bond motifs is 2. The number of hydrogen-bond donors (Lipinski definition) is 1. The molecule has 1 aliphatic carbocycles. The largest absolute Gasteiger partial charge is 0.508 e. The van der Waals surface area contributed by atoms with Gasteiger partial charge in [0.25, 0.3) is 0 Å². The fourth-order valence-corrected chi connectivity index (χ4v) is 4.04. The Bertz CT molecular complexity index is 1600. The van der Waals surface area contributed by atoms with Gasteiger partial charge in [0.05, 0.1) is 5.56 Å². The van der Waals surface area contributed by atoms with Crippen LogP contribution in [0.25, 0.3) is 33.4 Å². The molecule has 1 N–H and O–H groups in total. The molecule has 178 valence electrons. The van der Waals surface area contributed by atoms with Gasteiger partial charge in [-0.3, -0.25) is 9.59 Å². The van der Waals surface area contributed by atoms with E-state index in [0.717, 1.165) is 6.29 Å². The first-order chi connectivity index (χ1) is 17.5. The second kappa shape index (κ2) is 9.76. The molecule has 0 aromatic heterocycles. The summed E-state index contributed by atoms with van der Waals surface area (Å²) in [5.41, 5.74) is 2.97. The van der Waals surface area contributed by atoms with E-state index in [1.54, 1.807) is 54.6 Å². The number of ether oxygens (including phenoxy) is 2. The Labute approximate surface area is 205 Å². The number of carbonyl (C=O) groups is 2. The molecule has 3 aromatic carbocycles. The Morgan fingerprint density at radius 2 is 1.69 bits per heavy atom. The normalized spacial score (nSPS) is 10.9. The zero-order valence-corrected chi connectivity index (χ0v) is 19.0. The number of esters is 1. The molecule has 0 amide bonds. The highest BCUT2D eigenvalue weighted by molar-refractivity contribution is 6.07. The van der Waals surface area contributed by atoms with Crippen molar-refractivity contribution in [1.29, 1.82) is 0 Å². The first-order valence-corrected chi connectivity index (χ1v) is 11.2. The molecule has 36 heavy (non-hydrogen) atoms. The highest BCUT2D eigenvalue weighted by atomic mass is 16.6.